The van der Waals surface area contributed by atoms with Gasteiger partial charge in [0.25, 0.3) is 5.91 Å². The number of carbonyl (C=O) groups excluding carboxylic acids is 2. The number of amides is 2. The van der Waals surface area contributed by atoms with Gasteiger partial charge in [0, 0.05) is 42.7 Å². The van der Waals surface area contributed by atoms with Crippen LogP contribution < -0.4 is 10.6 Å². The second kappa shape index (κ2) is 8.61. The summed E-state index contributed by atoms with van der Waals surface area (Å²) in [6, 6.07) is 9.06. The molecule has 2 unspecified atom stereocenters. The summed E-state index contributed by atoms with van der Waals surface area (Å²) >= 11 is 0. The van der Waals surface area contributed by atoms with Gasteiger partial charge in [-0.15, -0.1) is 12.4 Å². The smallest absolute Gasteiger partial charge is 0.253 e. The highest BCUT2D eigenvalue weighted by Gasteiger charge is 2.36. The van der Waals surface area contributed by atoms with Crippen LogP contribution in [0.3, 0.4) is 0 Å². The molecule has 0 aromatic heterocycles. The predicted molar refractivity (Wildman–Crippen MR) is 110 cm³/mol. The van der Waals surface area contributed by atoms with E-state index >= 15 is 0 Å². The molecule has 150 valence electrons. The van der Waals surface area contributed by atoms with Crippen LogP contribution in [0.25, 0.3) is 0 Å². The Kier molecular flexibility index (Phi) is 6.92. The van der Waals surface area contributed by atoms with Gasteiger partial charge in [-0.1, -0.05) is 32.9 Å². The lowest BCUT2D eigenvalue weighted by atomic mass is 9.95. The summed E-state index contributed by atoms with van der Waals surface area (Å²) in [4.78, 5) is 26.7. The van der Waals surface area contributed by atoms with Crippen molar-refractivity contribution in [2.24, 2.45) is 5.41 Å². The van der Waals surface area contributed by atoms with Crippen molar-refractivity contribution in [1.82, 2.24) is 15.5 Å². The summed E-state index contributed by atoms with van der Waals surface area (Å²) < 4.78 is 0. The van der Waals surface area contributed by atoms with Crippen molar-refractivity contribution >= 4 is 24.2 Å². The average Bonchev–Trinajstić information content (AvgIpc) is 2.95. The number of piperidine rings is 1. The molecule has 2 saturated heterocycles. The van der Waals surface area contributed by atoms with Crippen LogP contribution >= 0.6 is 12.4 Å². The molecule has 2 bridgehead atoms. The van der Waals surface area contributed by atoms with E-state index in [0.717, 1.165) is 18.4 Å². The van der Waals surface area contributed by atoms with Crippen LogP contribution in [0.15, 0.2) is 24.3 Å². The van der Waals surface area contributed by atoms with Gasteiger partial charge in [-0.25, -0.2) is 0 Å². The van der Waals surface area contributed by atoms with Gasteiger partial charge in [0.2, 0.25) is 5.91 Å². The number of hydrogen-bond donors (Lipinski definition) is 2. The Morgan fingerprint density at radius 2 is 1.67 bits per heavy atom. The zero-order chi connectivity index (χ0) is 18.9. The molecule has 2 aliphatic heterocycles. The topological polar surface area (TPSA) is 61.4 Å². The van der Waals surface area contributed by atoms with Crippen molar-refractivity contribution < 1.29 is 9.59 Å². The second-order valence-electron chi connectivity index (χ2n) is 8.81. The number of hydrogen-bond acceptors (Lipinski definition) is 3. The molecule has 1 aromatic carbocycles. The Labute approximate surface area is 168 Å². The summed E-state index contributed by atoms with van der Waals surface area (Å²) in [5.74, 6) is 0.111. The number of benzene rings is 1. The Bertz CT molecular complexity index is 657. The van der Waals surface area contributed by atoms with Crippen molar-refractivity contribution in [3.05, 3.63) is 35.4 Å². The first-order chi connectivity index (χ1) is 12.2. The second-order valence-corrected chi connectivity index (χ2v) is 8.81. The van der Waals surface area contributed by atoms with Crippen LogP contribution in [0.4, 0.5) is 0 Å². The Morgan fingerprint density at radius 1 is 1.11 bits per heavy atom. The molecule has 2 heterocycles. The van der Waals surface area contributed by atoms with Gasteiger partial charge in [-0.05, 0) is 43.4 Å². The lowest BCUT2D eigenvalue weighted by Gasteiger charge is -2.35. The maximum Gasteiger partial charge on any atom is 0.253 e. The highest BCUT2D eigenvalue weighted by Crippen LogP contribution is 2.29. The van der Waals surface area contributed by atoms with Gasteiger partial charge in [-0.3, -0.25) is 9.59 Å². The van der Waals surface area contributed by atoms with E-state index in [-0.39, 0.29) is 24.2 Å². The molecular formula is C21H32ClN3O2. The molecule has 2 fully saturated rings. The SMILES string of the molecule is CN(C(=O)c1ccc(CNC(=O)C(C)(C)C)cc1)C1CC2CCC(C1)N2.Cl. The quantitative estimate of drug-likeness (QED) is 0.826. The molecule has 0 spiro atoms. The van der Waals surface area contributed by atoms with E-state index in [0.29, 0.717) is 30.2 Å². The fraction of sp³-hybridized carbons (Fsp3) is 0.619. The summed E-state index contributed by atoms with van der Waals surface area (Å²) in [6.07, 6.45) is 4.57. The van der Waals surface area contributed by atoms with E-state index in [4.69, 9.17) is 0 Å². The molecule has 3 rings (SSSR count). The van der Waals surface area contributed by atoms with E-state index in [1.165, 1.54) is 12.8 Å². The van der Waals surface area contributed by atoms with Crippen molar-refractivity contribution in [3.63, 3.8) is 0 Å². The zero-order valence-electron chi connectivity index (χ0n) is 16.7. The Morgan fingerprint density at radius 3 is 2.19 bits per heavy atom. The third-order valence-corrected chi connectivity index (χ3v) is 5.65. The summed E-state index contributed by atoms with van der Waals surface area (Å²) in [5, 5.41) is 6.56. The van der Waals surface area contributed by atoms with Crippen LogP contribution in [0.1, 0.15) is 62.4 Å². The van der Waals surface area contributed by atoms with E-state index in [1.54, 1.807) is 0 Å². The molecule has 0 saturated carbocycles. The number of halogens is 1. The molecule has 2 atom stereocenters. The number of nitrogens with one attached hydrogen (secondary N) is 2. The number of rotatable bonds is 4. The fourth-order valence-corrected chi connectivity index (χ4v) is 3.93. The van der Waals surface area contributed by atoms with Gasteiger partial charge in [0.15, 0.2) is 0 Å². The van der Waals surface area contributed by atoms with E-state index < -0.39 is 5.41 Å². The minimum Gasteiger partial charge on any atom is -0.352 e. The van der Waals surface area contributed by atoms with Gasteiger partial charge in [0.1, 0.15) is 0 Å². The molecule has 2 N–H and O–H groups in total. The number of carbonyl (C=O) groups is 2. The van der Waals surface area contributed by atoms with Crippen LogP contribution in [0.2, 0.25) is 0 Å². The minimum atomic E-state index is -0.396. The third-order valence-electron chi connectivity index (χ3n) is 5.65. The molecule has 27 heavy (non-hydrogen) atoms. The lowest BCUT2D eigenvalue weighted by Crippen LogP contribution is -2.48. The summed E-state index contributed by atoms with van der Waals surface area (Å²) in [6.45, 7) is 6.17. The predicted octanol–water partition coefficient (Wildman–Crippen LogP) is 3.13. The van der Waals surface area contributed by atoms with Gasteiger partial charge >= 0.3 is 0 Å². The van der Waals surface area contributed by atoms with Gasteiger partial charge < -0.3 is 15.5 Å². The molecule has 1 aromatic rings. The maximum absolute atomic E-state index is 12.8. The van der Waals surface area contributed by atoms with Crippen molar-refractivity contribution in [2.45, 2.75) is 71.1 Å². The maximum atomic E-state index is 12.8. The average molecular weight is 394 g/mol. The van der Waals surface area contributed by atoms with Crippen molar-refractivity contribution in [1.29, 1.82) is 0 Å². The molecule has 5 nitrogen and oxygen atoms in total. The largest absolute Gasteiger partial charge is 0.352 e. The first kappa shape index (κ1) is 21.7. The first-order valence-corrected chi connectivity index (χ1v) is 9.64. The van der Waals surface area contributed by atoms with Crippen molar-refractivity contribution in [2.75, 3.05) is 7.05 Å². The van der Waals surface area contributed by atoms with Gasteiger partial charge in [-0.2, -0.15) is 0 Å². The number of fused-ring (bicyclic) bond motifs is 2. The zero-order valence-corrected chi connectivity index (χ0v) is 17.6. The highest BCUT2D eigenvalue weighted by molar-refractivity contribution is 5.94. The highest BCUT2D eigenvalue weighted by atomic mass is 35.5. The van der Waals surface area contributed by atoms with E-state index in [9.17, 15) is 9.59 Å². The molecule has 0 radical (unpaired) electrons. The molecule has 6 heteroatoms. The Hall–Kier alpha value is -1.59. The normalized spacial score (nSPS) is 24.1. The summed E-state index contributed by atoms with van der Waals surface area (Å²) in [7, 11) is 1.93. The van der Waals surface area contributed by atoms with Crippen molar-refractivity contribution in [3.8, 4) is 0 Å². The number of nitrogens with zero attached hydrogens (tertiary/aromatic N) is 1. The van der Waals surface area contributed by atoms with Crippen LogP contribution in [-0.2, 0) is 11.3 Å². The van der Waals surface area contributed by atoms with Crippen LogP contribution in [0.5, 0.6) is 0 Å². The van der Waals surface area contributed by atoms with Crippen LogP contribution in [-0.4, -0.2) is 41.9 Å². The first-order valence-electron chi connectivity index (χ1n) is 9.64. The minimum absolute atomic E-state index is 0. The standard InChI is InChI=1S/C21H31N3O2.ClH/c1-21(2,3)20(26)22-13-14-5-7-15(8-6-14)19(25)24(4)18-11-16-9-10-17(12-18)23-16;/h5-8,16-18,23H,9-13H2,1-4H3,(H,22,26);1H. The Balaban J connectivity index is 0.00000261. The van der Waals surface area contributed by atoms with Gasteiger partial charge in [0.05, 0.1) is 0 Å². The molecular weight excluding hydrogens is 362 g/mol. The third kappa shape index (κ3) is 5.23. The fourth-order valence-electron chi connectivity index (χ4n) is 3.93. The monoisotopic (exact) mass is 393 g/mol. The van der Waals surface area contributed by atoms with Crippen LogP contribution in [0, 0.1) is 5.41 Å². The molecule has 0 aliphatic carbocycles. The molecule has 2 amide bonds. The summed E-state index contributed by atoms with van der Waals surface area (Å²) in [5.41, 5.74) is 1.32. The lowest BCUT2D eigenvalue weighted by molar-refractivity contribution is -0.128. The molecule has 2 aliphatic rings. The van der Waals surface area contributed by atoms with E-state index in [2.05, 4.69) is 10.6 Å². The van der Waals surface area contributed by atoms with E-state index in [1.807, 2.05) is 57.0 Å².